The first-order chi connectivity index (χ1) is 13.4. The van der Waals surface area contributed by atoms with Crippen LogP contribution in [0.3, 0.4) is 0 Å². The van der Waals surface area contributed by atoms with Gasteiger partial charge in [0.2, 0.25) is 0 Å². The molecule has 28 heavy (non-hydrogen) atoms. The van der Waals surface area contributed by atoms with Crippen LogP contribution in [-0.4, -0.2) is 30.0 Å². The molecule has 1 aliphatic heterocycles. The summed E-state index contributed by atoms with van der Waals surface area (Å²) in [6.07, 6.45) is 2.04. The lowest BCUT2D eigenvalue weighted by atomic mass is 10.1. The molecule has 1 amide bonds. The smallest absolute Gasteiger partial charge is 0.261 e. The van der Waals surface area contributed by atoms with Crippen LogP contribution in [0.4, 0.5) is 0 Å². The molecule has 0 aliphatic carbocycles. The molecule has 1 saturated heterocycles. The van der Waals surface area contributed by atoms with Gasteiger partial charge in [0.15, 0.2) is 6.10 Å². The number of ether oxygens (including phenoxy) is 1. The standard InChI is InChI=1S/C23H29ClN2O2/c1-16-12-21(13-17(2)22(16)24)28-18(3)23(27)25-14-19-6-8-20(9-7-19)15-26-10-4-5-11-26/h6-9,12-13,18H,4-5,10-11,14-15H2,1-3H3,(H,25,27). The summed E-state index contributed by atoms with van der Waals surface area (Å²) >= 11 is 6.19. The van der Waals surface area contributed by atoms with Crippen molar-refractivity contribution < 1.29 is 9.53 Å². The van der Waals surface area contributed by atoms with Gasteiger partial charge >= 0.3 is 0 Å². The van der Waals surface area contributed by atoms with Gasteiger partial charge in [0.05, 0.1) is 0 Å². The van der Waals surface area contributed by atoms with Crippen LogP contribution in [-0.2, 0) is 17.9 Å². The molecule has 2 aromatic carbocycles. The van der Waals surface area contributed by atoms with Gasteiger partial charge in [-0.3, -0.25) is 9.69 Å². The predicted octanol–water partition coefficient (Wildman–Crippen LogP) is 4.64. The van der Waals surface area contributed by atoms with Crippen LogP contribution in [0, 0.1) is 13.8 Å². The molecular formula is C23H29ClN2O2. The van der Waals surface area contributed by atoms with Gasteiger partial charge in [-0.15, -0.1) is 0 Å². The number of rotatable bonds is 7. The van der Waals surface area contributed by atoms with Gasteiger partial charge < -0.3 is 10.1 Å². The third kappa shape index (κ3) is 5.49. The van der Waals surface area contributed by atoms with Gasteiger partial charge in [-0.05, 0) is 81.1 Å². The predicted molar refractivity (Wildman–Crippen MR) is 114 cm³/mol. The van der Waals surface area contributed by atoms with E-state index in [9.17, 15) is 4.79 Å². The number of hydrogen-bond acceptors (Lipinski definition) is 3. The second-order valence-corrected chi connectivity index (χ2v) is 8.03. The van der Waals surface area contributed by atoms with Crippen molar-refractivity contribution in [1.82, 2.24) is 10.2 Å². The molecule has 0 bridgehead atoms. The van der Waals surface area contributed by atoms with Crippen LogP contribution in [0.2, 0.25) is 5.02 Å². The van der Waals surface area contributed by atoms with Crippen LogP contribution in [0.25, 0.3) is 0 Å². The molecule has 1 atom stereocenters. The fourth-order valence-electron chi connectivity index (χ4n) is 3.53. The second kappa shape index (κ2) is 9.44. The first kappa shape index (κ1) is 20.7. The van der Waals surface area contributed by atoms with Gasteiger partial charge in [0.1, 0.15) is 5.75 Å². The minimum atomic E-state index is -0.575. The molecule has 3 rings (SSSR count). The summed E-state index contributed by atoms with van der Waals surface area (Å²) in [7, 11) is 0. The SMILES string of the molecule is Cc1cc(OC(C)C(=O)NCc2ccc(CN3CCCC3)cc2)cc(C)c1Cl. The fourth-order valence-corrected chi connectivity index (χ4v) is 3.64. The lowest BCUT2D eigenvalue weighted by Gasteiger charge is -2.17. The summed E-state index contributed by atoms with van der Waals surface area (Å²) in [6.45, 7) is 9.52. The van der Waals surface area contributed by atoms with E-state index in [2.05, 4.69) is 34.5 Å². The Morgan fingerprint density at radius 2 is 1.68 bits per heavy atom. The van der Waals surface area contributed by atoms with Crippen molar-refractivity contribution in [3.05, 3.63) is 63.7 Å². The number of benzene rings is 2. The van der Waals surface area contributed by atoms with E-state index in [1.54, 1.807) is 6.92 Å². The first-order valence-corrected chi connectivity index (χ1v) is 10.3. The topological polar surface area (TPSA) is 41.6 Å². The highest BCUT2D eigenvalue weighted by Gasteiger charge is 2.16. The normalized spacial score (nSPS) is 15.4. The molecule has 1 heterocycles. The maximum Gasteiger partial charge on any atom is 0.261 e. The number of aryl methyl sites for hydroxylation is 2. The quantitative estimate of drug-likeness (QED) is 0.736. The van der Waals surface area contributed by atoms with Gasteiger partial charge in [0.25, 0.3) is 5.91 Å². The molecule has 1 aliphatic rings. The van der Waals surface area contributed by atoms with Crippen molar-refractivity contribution >= 4 is 17.5 Å². The lowest BCUT2D eigenvalue weighted by molar-refractivity contribution is -0.127. The monoisotopic (exact) mass is 400 g/mol. The first-order valence-electron chi connectivity index (χ1n) is 9.93. The van der Waals surface area contributed by atoms with Gasteiger partial charge in [0, 0.05) is 18.1 Å². The average molecular weight is 401 g/mol. The van der Waals surface area contributed by atoms with Crippen molar-refractivity contribution in [2.45, 2.75) is 52.8 Å². The molecule has 0 spiro atoms. The fraction of sp³-hybridized carbons (Fsp3) is 0.435. The minimum absolute atomic E-state index is 0.133. The Labute approximate surface area is 172 Å². The van der Waals surface area contributed by atoms with Crippen LogP contribution in [0.15, 0.2) is 36.4 Å². The molecule has 150 valence electrons. The Bertz CT molecular complexity index is 791. The number of amides is 1. The van der Waals surface area contributed by atoms with E-state index in [4.69, 9.17) is 16.3 Å². The van der Waals surface area contributed by atoms with Gasteiger partial charge in [-0.1, -0.05) is 35.9 Å². The zero-order valence-corrected chi connectivity index (χ0v) is 17.7. The molecule has 4 nitrogen and oxygen atoms in total. The molecule has 5 heteroatoms. The minimum Gasteiger partial charge on any atom is -0.481 e. The van der Waals surface area contributed by atoms with Crippen molar-refractivity contribution in [3.63, 3.8) is 0 Å². The molecule has 0 aromatic heterocycles. The van der Waals surface area contributed by atoms with E-state index >= 15 is 0 Å². The van der Waals surface area contributed by atoms with E-state index in [1.807, 2.05) is 26.0 Å². The summed E-state index contributed by atoms with van der Waals surface area (Å²) in [6, 6.07) is 12.2. The van der Waals surface area contributed by atoms with Crippen molar-refractivity contribution in [2.24, 2.45) is 0 Å². The highest BCUT2D eigenvalue weighted by atomic mass is 35.5. The van der Waals surface area contributed by atoms with Gasteiger partial charge in [-0.2, -0.15) is 0 Å². The summed E-state index contributed by atoms with van der Waals surface area (Å²) in [5, 5.41) is 3.69. The number of hydrogen-bond donors (Lipinski definition) is 1. The average Bonchev–Trinajstić information content (AvgIpc) is 3.18. The molecule has 1 unspecified atom stereocenters. The highest BCUT2D eigenvalue weighted by Crippen LogP contribution is 2.26. The van der Waals surface area contributed by atoms with Crippen LogP contribution in [0.5, 0.6) is 5.75 Å². The Hall–Kier alpha value is -2.04. The third-order valence-corrected chi connectivity index (χ3v) is 5.78. The van der Waals surface area contributed by atoms with Crippen molar-refractivity contribution in [1.29, 1.82) is 0 Å². The molecule has 1 fully saturated rings. The highest BCUT2D eigenvalue weighted by molar-refractivity contribution is 6.32. The molecule has 1 N–H and O–H groups in total. The molecule has 0 radical (unpaired) electrons. The number of carbonyl (C=O) groups is 1. The maximum atomic E-state index is 12.4. The number of nitrogens with one attached hydrogen (secondary N) is 1. The van der Waals surface area contributed by atoms with Crippen LogP contribution < -0.4 is 10.1 Å². The van der Waals surface area contributed by atoms with E-state index in [-0.39, 0.29) is 5.91 Å². The van der Waals surface area contributed by atoms with E-state index in [1.165, 1.54) is 31.5 Å². The molecular weight excluding hydrogens is 372 g/mol. The lowest BCUT2D eigenvalue weighted by Crippen LogP contribution is -2.35. The van der Waals surface area contributed by atoms with Crippen molar-refractivity contribution in [2.75, 3.05) is 13.1 Å². The van der Waals surface area contributed by atoms with E-state index < -0.39 is 6.10 Å². The number of carbonyl (C=O) groups excluding carboxylic acids is 1. The van der Waals surface area contributed by atoms with Crippen LogP contribution in [0.1, 0.15) is 42.0 Å². The Morgan fingerprint density at radius 1 is 1.11 bits per heavy atom. The van der Waals surface area contributed by atoms with Crippen LogP contribution >= 0.6 is 11.6 Å². The molecule has 2 aromatic rings. The number of halogens is 1. The van der Waals surface area contributed by atoms with E-state index in [0.717, 1.165) is 28.3 Å². The summed E-state index contributed by atoms with van der Waals surface area (Å²) in [4.78, 5) is 14.9. The summed E-state index contributed by atoms with van der Waals surface area (Å²) in [5.41, 5.74) is 4.29. The molecule has 0 saturated carbocycles. The second-order valence-electron chi connectivity index (χ2n) is 7.65. The number of nitrogens with zero attached hydrogens (tertiary/aromatic N) is 1. The number of likely N-dealkylation sites (tertiary alicyclic amines) is 1. The Balaban J connectivity index is 1.49. The Kier molecular flexibility index (Phi) is 6.97. The van der Waals surface area contributed by atoms with Crippen molar-refractivity contribution in [3.8, 4) is 5.75 Å². The van der Waals surface area contributed by atoms with Gasteiger partial charge in [-0.25, -0.2) is 0 Å². The zero-order chi connectivity index (χ0) is 20.1. The van der Waals surface area contributed by atoms with E-state index in [0.29, 0.717) is 12.3 Å². The Morgan fingerprint density at radius 3 is 2.29 bits per heavy atom. The largest absolute Gasteiger partial charge is 0.481 e. The third-order valence-electron chi connectivity index (χ3n) is 5.19. The summed E-state index contributed by atoms with van der Waals surface area (Å²) in [5.74, 6) is 0.528. The zero-order valence-electron chi connectivity index (χ0n) is 16.9. The summed E-state index contributed by atoms with van der Waals surface area (Å²) < 4.78 is 5.80. The maximum absolute atomic E-state index is 12.4.